The molecule has 0 N–H and O–H groups in total. The van der Waals surface area contributed by atoms with Gasteiger partial charge in [-0.3, -0.25) is 14.9 Å². The van der Waals surface area contributed by atoms with Crippen LogP contribution in [-0.2, 0) is 16.6 Å². The third kappa shape index (κ3) is 3.92. The van der Waals surface area contributed by atoms with Crippen LogP contribution in [0.15, 0.2) is 59.9 Å². The highest BCUT2D eigenvalue weighted by Crippen LogP contribution is 2.26. The normalized spacial score (nSPS) is 16.9. The monoisotopic (exact) mass is 396 g/mol. The second kappa shape index (κ2) is 7.95. The van der Waals surface area contributed by atoms with E-state index in [1.54, 1.807) is 34.9 Å². The van der Waals surface area contributed by atoms with Crippen LogP contribution in [0.2, 0.25) is 0 Å². The van der Waals surface area contributed by atoms with Crippen molar-refractivity contribution in [3.05, 3.63) is 66.2 Å². The van der Waals surface area contributed by atoms with Gasteiger partial charge in [-0.25, -0.2) is 8.42 Å². The first-order valence-electron chi connectivity index (χ1n) is 9.51. The smallest absolute Gasteiger partial charge is 0.243 e. The first-order valence-corrected chi connectivity index (χ1v) is 10.9. The molecule has 0 aliphatic carbocycles. The predicted molar refractivity (Wildman–Crippen MR) is 109 cm³/mol. The molecule has 0 saturated carbocycles. The molecule has 1 aliphatic heterocycles. The van der Waals surface area contributed by atoms with E-state index in [2.05, 4.69) is 20.9 Å². The lowest BCUT2D eigenvalue weighted by Gasteiger charge is -2.22. The summed E-state index contributed by atoms with van der Waals surface area (Å²) in [6, 6.07) is 11.3. The van der Waals surface area contributed by atoms with E-state index in [4.69, 9.17) is 0 Å². The Morgan fingerprint density at radius 1 is 1.04 bits per heavy atom. The van der Waals surface area contributed by atoms with E-state index in [1.165, 1.54) is 5.56 Å². The molecule has 28 heavy (non-hydrogen) atoms. The summed E-state index contributed by atoms with van der Waals surface area (Å²) in [5.41, 5.74) is 2.22. The number of aryl methyl sites for hydroxylation is 1. The number of sulfonamides is 1. The van der Waals surface area contributed by atoms with E-state index >= 15 is 0 Å². The van der Waals surface area contributed by atoms with E-state index in [9.17, 15) is 8.42 Å². The Hall–Kier alpha value is -2.35. The van der Waals surface area contributed by atoms with Gasteiger partial charge in [0.25, 0.3) is 0 Å². The Balaban J connectivity index is 1.53. The van der Waals surface area contributed by atoms with Gasteiger partial charge in [0, 0.05) is 61.2 Å². The van der Waals surface area contributed by atoms with Gasteiger partial charge in [0.05, 0.1) is 4.90 Å². The van der Waals surface area contributed by atoms with Crippen LogP contribution in [0.4, 0.5) is 0 Å². The third-order valence-corrected chi connectivity index (χ3v) is 7.13. The van der Waals surface area contributed by atoms with E-state index in [1.807, 2.05) is 25.3 Å². The van der Waals surface area contributed by atoms with Crippen LogP contribution in [-0.4, -0.2) is 53.8 Å². The molecule has 3 heterocycles. The minimum Gasteiger partial charge on any atom is -0.298 e. The lowest BCUT2D eigenvalue weighted by Crippen LogP contribution is -2.35. The van der Waals surface area contributed by atoms with Crippen molar-refractivity contribution in [3.63, 3.8) is 0 Å². The summed E-state index contributed by atoms with van der Waals surface area (Å²) in [4.78, 5) is 11.0. The maximum atomic E-state index is 13.3. The van der Waals surface area contributed by atoms with E-state index in [0.29, 0.717) is 24.5 Å². The zero-order chi connectivity index (χ0) is 19.6. The molecule has 1 aromatic carbocycles. The molecule has 6 nitrogen and oxygen atoms in total. The van der Waals surface area contributed by atoms with E-state index in [0.717, 1.165) is 36.0 Å². The second-order valence-electron chi connectivity index (χ2n) is 7.19. The Morgan fingerprint density at radius 3 is 2.79 bits per heavy atom. The predicted octanol–water partition coefficient (Wildman–Crippen LogP) is 2.83. The Bertz CT molecular complexity index is 1080. The van der Waals surface area contributed by atoms with Crippen LogP contribution in [0.5, 0.6) is 0 Å². The van der Waals surface area contributed by atoms with Crippen LogP contribution in [0.1, 0.15) is 17.7 Å². The zero-order valence-corrected chi connectivity index (χ0v) is 16.8. The fraction of sp³-hybridized carbons (Fsp3) is 0.333. The van der Waals surface area contributed by atoms with Gasteiger partial charge in [0.2, 0.25) is 10.0 Å². The molecule has 0 spiro atoms. The van der Waals surface area contributed by atoms with Gasteiger partial charge in [-0.1, -0.05) is 12.1 Å². The fourth-order valence-electron chi connectivity index (χ4n) is 3.76. The van der Waals surface area contributed by atoms with Gasteiger partial charge >= 0.3 is 0 Å². The third-order valence-electron chi connectivity index (χ3n) is 5.17. The maximum absolute atomic E-state index is 13.3. The first kappa shape index (κ1) is 19.0. The van der Waals surface area contributed by atoms with Crippen molar-refractivity contribution in [2.24, 2.45) is 0 Å². The Kier molecular flexibility index (Phi) is 5.39. The SMILES string of the molecule is Cc1cc(CN2CCCN(S(=O)(=O)c3cccc4cnccc34)CC2)ccn1. The van der Waals surface area contributed by atoms with Gasteiger partial charge in [-0.15, -0.1) is 0 Å². The molecule has 1 saturated heterocycles. The van der Waals surface area contributed by atoms with Crippen molar-refractivity contribution < 1.29 is 8.42 Å². The molecule has 0 radical (unpaired) electrons. The summed E-state index contributed by atoms with van der Waals surface area (Å²) in [6.45, 7) is 5.43. The molecule has 0 amide bonds. The van der Waals surface area contributed by atoms with Crippen LogP contribution in [0, 0.1) is 6.92 Å². The van der Waals surface area contributed by atoms with Crippen molar-refractivity contribution in [2.45, 2.75) is 24.8 Å². The number of aromatic nitrogens is 2. The molecule has 0 bridgehead atoms. The van der Waals surface area contributed by atoms with Crippen molar-refractivity contribution in [1.29, 1.82) is 0 Å². The highest BCUT2D eigenvalue weighted by Gasteiger charge is 2.28. The zero-order valence-electron chi connectivity index (χ0n) is 16.0. The molecule has 1 aliphatic rings. The number of benzene rings is 1. The molecule has 0 unspecified atom stereocenters. The molecule has 146 valence electrons. The van der Waals surface area contributed by atoms with E-state index in [-0.39, 0.29) is 0 Å². The van der Waals surface area contributed by atoms with Gasteiger partial charge < -0.3 is 0 Å². The standard InChI is InChI=1S/C21H24N4O2S/c1-17-14-18(6-9-23-17)16-24-10-3-11-25(13-12-24)28(26,27)21-5-2-4-19-15-22-8-7-20(19)21/h2,4-9,14-15H,3,10-13,16H2,1H3. The van der Waals surface area contributed by atoms with Crippen molar-refractivity contribution in [3.8, 4) is 0 Å². The second-order valence-corrected chi connectivity index (χ2v) is 9.10. The highest BCUT2D eigenvalue weighted by atomic mass is 32.2. The molecule has 2 aromatic heterocycles. The molecule has 0 atom stereocenters. The number of pyridine rings is 2. The number of fused-ring (bicyclic) bond motifs is 1. The van der Waals surface area contributed by atoms with Crippen molar-refractivity contribution >= 4 is 20.8 Å². The molecular weight excluding hydrogens is 372 g/mol. The van der Waals surface area contributed by atoms with Crippen molar-refractivity contribution in [1.82, 2.24) is 19.2 Å². The molecule has 3 aromatic rings. The largest absolute Gasteiger partial charge is 0.298 e. The molecule has 7 heteroatoms. The average Bonchev–Trinajstić information content (AvgIpc) is 2.94. The van der Waals surface area contributed by atoms with Gasteiger partial charge in [-0.2, -0.15) is 4.31 Å². The fourth-order valence-corrected chi connectivity index (χ4v) is 5.45. The number of hydrogen-bond donors (Lipinski definition) is 0. The van der Waals surface area contributed by atoms with Crippen LogP contribution in [0.3, 0.4) is 0 Å². The Morgan fingerprint density at radius 2 is 1.93 bits per heavy atom. The van der Waals surface area contributed by atoms with E-state index < -0.39 is 10.0 Å². The van der Waals surface area contributed by atoms with Gasteiger partial charge in [0.15, 0.2) is 0 Å². The number of hydrogen-bond acceptors (Lipinski definition) is 5. The quantitative estimate of drug-likeness (QED) is 0.678. The first-order chi connectivity index (χ1) is 13.5. The summed E-state index contributed by atoms with van der Waals surface area (Å²) in [6.07, 6.45) is 5.99. The van der Waals surface area contributed by atoms with Gasteiger partial charge in [-0.05, 0) is 49.7 Å². The summed E-state index contributed by atoms with van der Waals surface area (Å²) in [7, 11) is -3.55. The summed E-state index contributed by atoms with van der Waals surface area (Å²) >= 11 is 0. The van der Waals surface area contributed by atoms with Crippen LogP contribution < -0.4 is 0 Å². The van der Waals surface area contributed by atoms with Gasteiger partial charge in [0.1, 0.15) is 0 Å². The molecule has 1 fully saturated rings. The number of nitrogens with zero attached hydrogens (tertiary/aromatic N) is 4. The lowest BCUT2D eigenvalue weighted by molar-refractivity contribution is 0.278. The van der Waals surface area contributed by atoms with Crippen LogP contribution >= 0.6 is 0 Å². The minimum atomic E-state index is -3.55. The van der Waals surface area contributed by atoms with Crippen molar-refractivity contribution in [2.75, 3.05) is 26.2 Å². The molecule has 4 rings (SSSR count). The average molecular weight is 397 g/mol. The lowest BCUT2D eigenvalue weighted by atomic mass is 10.2. The topological polar surface area (TPSA) is 66.4 Å². The number of rotatable bonds is 4. The Labute approximate surface area is 165 Å². The maximum Gasteiger partial charge on any atom is 0.243 e. The summed E-state index contributed by atoms with van der Waals surface area (Å²) in [5.74, 6) is 0. The summed E-state index contributed by atoms with van der Waals surface area (Å²) in [5, 5.41) is 1.57. The highest BCUT2D eigenvalue weighted by molar-refractivity contribution is 7.89. The summed E-state index contributed by atoms with van der Waals surface area (Å²) < 4.78 is 28.3. The minimum absolute atomic E-state index is 0.366. The molecular formula is C21H24N4O2S. The van der Waals surface area contributed by atoms with Crippen LogP contribution in [0.25, 0.3) is 10.8 Å².